The third-order valence-corrected chi connectivity index (χ3v) is 5.24. The van der Waals surface area contributed by atoms with Gasteiger partial charge in [0, 0.05) is 30.4 Å². The first kappa shape index (κ1) is 18.3. The van der Waals surface area contributed by atoms with Crippen LogP contribution in [0.4, 0.5) is 0 Å². The van der Waals surface area contributed by atoms with Crippen molar-refractivity contribution in [2.45, 2.75) is 39.3 Å². The number of esters is 1. The van der Waals surface area contributed by atoms with Crippen molar-refractivity contribution in [2.24, 2.45) is 0 Å². The molecule has 2 amide bonds. The maximum Gasteiger partial charge on any atom is 0.356 e. The Hall–Kier alpha value is -2.54. The van der Waals surface area contributed by atoms with Gasteiger partial charge in [-0.25, -0.2) is 4.79 Å². The molecule has 2 aliphatic heterocycles. The van der Waals surface area contributed by atoms with Crippen LogP contribution in [0.5, 0.6) is 0 Å². The van der Waals surface area contributed by atoms with Crippen LogP contribution in [0.15, 0.2) is 52.0 Å². The number of allylic oxidation sites excluding steroid dienone is 1. The van der Waals surface area contributed by atoms with Gasteiger partial charge >= 0.3 is 5.97 Å². The van der Waals surface area contributed by atoms with E-state index < -0.39 is 5.97 Å². The number of fused-ring (bicyclic) bond motifs is 1. The van der Waals surface area contributed by atoms with Gasteiger partial charge in [0.2, 0.25) is 11.8 Å². The lowest BCUT2D eigenvalue weighted by Crippen LogP contribution is -2.49. The number of rotatable bonds is 6. The Balaban J connectivity index is 1.73. The fraction of sp³-hybridized carbons (Fsp3) is 0.316. The number of benzene rings is 1. The number of hydrogen-bond acceptors (Lipinski definition) is 5. The van der Waals surface area contributed by atoms with Crippen molar-refractivity contribution in [3.63, 3.8) is 0 Å². The summed E-state index contributed by atoms with van der Waals surface area (Å²) < 4.78 is 5.42. The lowest BCUT2D eigenvalue weighted by molar-refractivity contribution is -0.150. The second-order valence-corrected chi connectivity index (χ2v) is 7.22. The lowest BCUT2D eigenvalue weighted by atomic mass is 10.0. The largest absolute Gasteiger partial charge is 0.456 e. The van der Waals surface area contributed by atoms with E-state index in [4.69, 9.17) is 4.74 Å². The highest BCUT2D eigenvalue weighted by molar-refractivity contribution is 8.05. The average molecular weight is 372 g/mol. The summed E-state index contributed by atoms with van der Waals surface area (Å²) in [6.45, 7) is 3.37. The van der Waals surface area contributed by atoms with E-state index in [1.807, 2.05) is 30.3 Å². The summed E-state index contributed by atoms with van der Waals surface area (Å²) in [4.78, 5) is 38.0. The van der Waals surface area contributed by atoms with Crippen LogP contribution in [0.25, 0.3) is 0 Å². The molecule has 136 valence electrons. The zero-order valence-electron chi connectivity index (χ0n) is 14.7. The summed E-state index contributed by atoms with van der Waals surface area (Å²) in [5, 5.41) is 4.46. The van der Waals surface area contributed by atoms with Crippen LogP contribution < -0.4 is 5.32 Å². The van der Waals surface area contributed by atoms with Crippen molar-refractivity contribution in [1.82, 2.24) is 10.2 Å². The van der Waals surface area contributed by atoms with E-state index in [0.717, 1.165) is 10.5 Å². The van der Waals surface area contributed by atoms with Gasteiger partial charge in [-0.3, -0.25) is 9.59 Å². The zero-order chi connectivity index (χ0) is 18.7. The van der Waals surface area contributed by atoms with E-state index in [1.165, 1.54) is 23.6 Å². The quantitative estimate of drug-likeness (QED) is 0.614. The van der Waals surface area contributed by atoms with E-state index in [-0.39, 0.29) is 24.5 Å². The number of thioether (sulfide) groups is 1. The first-order valence-electron chi connectivity index (χ1n) is 8.33. The molecule has 3 rings (SSSR count). The smallest absolute Gasteiger partial charge is 0.356 e. The maximum atomic E-state index is 12.6. The molecule has 1 N–H and O–H groups in total. The van der Waals surface area contributed by atoms with Gasteiger partial charge in [0.25, 0.3) is 0 Å². The van der Waals surface area contributed by atoms with E-state index in [9.17, 15) is 14.4 Å². The molecule has 0 radical (unpaired) electrons. The maximum absolute atomic E-state index is 12.6. The van der Waals surface area contributed by atoms with Crippen molar-refractivity contribution >= 4 is 29.5 Å². The van der Waals surface area contributed by atoms with E-state index >= 15 is 0 Å². The molecule has 0 saturated carbocycles. The molecule has 26 heavy (non-hydrogen) atoms. The second-order valence-electron chi connectivity index (χ2n) is 6.26. The van der Waals surface area contributed by atoms with Crippen LogP contribution in [0.2, 0.25) is 0 Å². The summed E-state index contributed by atoms with van der Waals surface area (Å²) in [7, 11) is 0. The Morgan fingerprint density at radius 2 is 2.00 bits per heavy atom. The number of carbonyl (C=O) groups excluding carboxylic acids is 3. The monoisotopic (exact) mass is 372 g/mol. The fourth-order valence-corrected chi connectivity index (χ4v) is 3.93. The van der Waals surface area contributed by atoms with E-state index in [1.54, 1.807) is 12.3 Å². The zero-order valence-corrected chi connectivity index (χ0v) is 15.5. The van der Waals surface area contributed by atoms with Gasteiger partial charge in [0.05, 0.1) is 6.04 Å². The molecule has 1 atom stereocenters. The Labute approximate surface area is 156 Å². The number of hydrogen-bond donors (Lipinski definition) is 1. The third kappa shape index (κ3) is 3.99. The van der Waals surface area contributed by atoms with Crippen LogP contribution in [-0.4, -0.2) is 28.7 Å². The van der Waals surface area contributed by atoms with Crippen LogP contribution in [0.3, 0.4) is 0 Å². The number of carbonyl (C=O) groups is 3. The van der Waals surface area contributed by atoms with Gasteiger partial charge in [-0.1, -0.05) is 42.1 Å². The van der Waals surface area contributed by atoms with Crippen molar-refractivity contribution < 1.29 is 19.1 Å². The van der Waals surface area contributed by atoms with Crippen LogP contribution in [0, 0.1) is 0 Å². The third-order valence-electron chi connectivity index (χ3n) is 4.13. The highest BCUT2D eigenvalue weighted by atomic mass is 32.2. The molecule has 1 unspecified atom stereocenters. The van der Waals surface area contributed by atoms with Crippen molar-refractivity contribution in [3.05, 3.63) is 57.6 Å². The topological polar surface area (TPSA) is 75.7 Å². The van der Waals surface area contributed by atoms with E-state index in [2.05, 4.69) is 5.32 Å². The summed E-state index contributed by atoms with van der Waals surface area (Å²) in [6.07, 6.45) is 1.09. The molecule has 0 spiro atoms. The van der Waals surface area contributed by atoms with E-state index in [0.29, 0.717) is 24.2 Å². The minimum atomic E-state index is -0.488. The van der Waals surface area contributed by atoms with Crippen LogP contribution in [-0.2, 0) is 25.7 Å². The van der Waals surface area contributed by atoms with Gasteiger partial charge in [-0.2, -0.15) is 0 Å². The number of β-lactam (4-membered cyclic amide) rings is 1. The van der Waals surface area contributed by atoms with Crippen molar-refractivity contribution in [2.75, 3.05) is 0 Å². The first-order valence-corrected chi connectivity index (χ1v) is 9.21. The molecule has 2 heterocycles. The van der Waals surface area contributed by atoms with Crippen molar-refractivity contribution in [1.29, 1.82) is 0 Å². The first-order chi connectivity index (χ1) is 12.5. The second kappa shape index (κ2) is 7.78. The normalized spacial score (nSPS) is 19.2. The molecular weight excluding hydrogens is 352 g/mol. The summed E-state index contributed by atoms with van der Waals surface area (Å²) in [5.74, 6) is -0.696. The van der Waals surface area contributed by atoms with Gasteiger partial charge in [-0.15, -0.1) is 0 Å². The predicted octanol–water partition coefficient (Wildman–Crippen LogP) is 2.68. The number of nitrogens with one attached hydrogen (secondary N) is 1. The SMILES string of the molecule is CC(=O)N/C(C)=C\SC1=C(C(=O)OCc2ccccc2)N2C(=O)CC2C1. The minimum absolute atomic E-state index is 0.0405. The molecule has 0 bridgehead atoms. The highest BCUT2D eigenvalue weighted by Crippen LogP contribution is 2.43. The number of ether oxygens (including phenoxy) is 1. The van der Waals surface area contributed by atoms with Gasteiger partial charge in [0.15, 0.2) is 0 Å². The Kier molecular flexibility index (Phi) is 5.46. The Morgan fingerprint density at radius 1 is 1.27 bits per heavy atom. The Morgan fingerprint density at radius 3 is 2.65 bits per heavy atom. The molecule has 1 saturated heterocycles. The molecular formula is C19H20N2O4S. The number of nitrogens with zero attached hydrogens (tertiary/aromatic N) is 1. The van der Waals surface area contributed by atoms with Gasteiger partial charge in [0.1, 0.15) is 12.3 Å². The average Bonchev–Trinajstić information content (AvgIpc) is 2.90. The molecule has 6 nitrogen and oxygen atoms in total. The van der Waals surface area contributed by atoms with Crippen LogP contribution >= 0.6 is 11.8 Å². The predicted molar refractivity (Wildman–Crippen MR) is 98.3 cm³/mol. The summed E-state index contributed by atoms with van der Waals surface area (Å²) in [5.41, 5.74) is 1.91. The summed E-state index contributed by atoms with van der Waals surface area (Å²) in [6, 6.07) is 9.45. The summed E-state index contributed by atoms with van der Waals surface area (Å²) >= 11 is 1.35. The number of amides is 2. The lowest BCUT2D eigenvalue weighted by Gasteiger charge is -2.35. The molecule has 7 heteroatoms. The fourth-order valence-electron chi connectivity index (χ4n) is 2.97. The van der Waals surface area contributed by atoms with Crippen molar-refractivity contribution in [3.8, 4) is 0 Å². The highest BCUT2D eigenvalue weighted by Gasteiger charge is 2.47. The van der Waals surface area contributed by atoms with Gasteiger partial charge in [-0.05, 0) is 17.9 Å². The minimum Gasteiger partial charge on any atom is -0.456 e. The Bertz CT molecular complexity index is 801. The molecule has 1 fully saturated rings. The molecule has 2 aliphatic rings. The van der Waals surface area contributed by atoms with Gasteiger partial charge < -0.3 is 15.0 Å². The molecule has 0 aromatic heterocycles. The molecule has 0 aliphatic carbocycles. The standard InChI is InChI=1S/C19H20N2O4S/c1-12(20-13(2)22)11-26-16-8-15-9-17(23)21(15)18(16)19(24)25-10-14-6-4-3-5-7-14/h3-7,11,15H,8-10H2,1-2H3,(H,20,22)/b12-11-. The van der Waals surface area contributed by atoms with Crippen LogP contribution in [0.1, 0.15) is 32.3 Å². The molecule has 1 aromatic rings. The molecule has 1 aromatic carbocycles.